The largest absolute Gasteiger partial charge is 0.497 e. The maximum absolute atomic E-state index is 13.6. The molecule has 2 aromatic heterocycles. The summed E-state index contributed by atoms with van der Waals surface area (Å²) in [5.41, 5.74) is 1.01. The lowest BCUT2D eigenvalue weighted by Gasteiger charge is -2.32. The van der Waals surface area contributed by atoms with Crippen LogP contribution in [0.5, 0.6) is 5.75 Å². The zero-order valence-electron chi connectivity index (χ0n) is 19.5. The van der Waals surface area contributed by atoms with Gasteiger partial charge in [-0.2, -0.15) is 0 Å². The molecule has 2 heterocycles. The van der Waals surface area contributed by atoms with Crippen LogP contribution in [0.4, 0.5) is 5.69 Å². The van der Waals surface area contributed by atoms with E-state index in [0.717, 1.165) is 25.7 Å². The minimum Gasteiger partial charge on any atom is -0.497 e. The van der Waals surface area contributed by atoms with E-state index in [0.29, 0.717) is 17.0 Å². The number of hydrogen-bond acceptors (Lipinski definition) is 6. The maximum Gasteiger partial charge on any atom is 0.287 e. The quantitative estimate of drug-likeness (QED) is 0.490. The molecule has 182 valence electrons. The Labute approximate surface area is 203 Å². The SMILES string of the molecule is COc1cccc(N(C(=O)CNC(=O)c2ccco2)[C@@H](C(=O)NC2CCCC2)c2cccnc2)c1. The summed E-state index contributed by atoms with van der Waals surface area (Å²) in [7, 11) is 1.53. The van der Waals surface area contributed by atoms with Gasteiger partial charge in [-0.15, -0.1) is 0 Å². The van der Waals surface area contributed by atoms with Crippen molar-refractivity contribution >= 4 is 23.4 Å². The van der Waals surface area contributed by atoms with E-state index >= 15 is 0 Å². The lowest BCUT2D eigenvalue weighted by atomic mass is 10.0. The first kappa shape index (κ1) is 24.0. The van der Waals surface area contributed by atoms with Gasteiger partial charge in [0.05, 0.1) is 19.9 Å². The molecule has 0 unspecified atom stereocenters. The molecule has 1 aliphatic carbocycles. The number of aromatic nitrogens is 1. The molecule has 0 spiro atoms. The Hall–Kier alpha value is -4.14. The highest BCUT2D eigenvalue weighted by Gasteiger charge is 2.34. The fourth-order valence-electron chi connectivity index (χ4n) is 4.24. The lowest BCUT2D eigenvalue weighted by Crippen LogP contribution is -2.49. The molecule has 1 aliphatic rings. The molecule has 9 heteroatoms. The van der Waals surface area contributed by atoms with Gasteiger partial charge in [-0.1, -0.05) is 25.0 Å². The lowest BCUT2D eigenvalue weighted by molar-refractivity contribution is -0.126. The number of amides is 3. The monoisotopic (exact) mass is 476 g/mol. The van der Waals surface area contributed by atoms with E-state index in [1.54, 1.807) is 54.9 Å². The van der Waals surface area contributed by atoms with E-state index in [4.69, 9.17) is 9.15 Å². The highest BCUT2D eigenvalue weighted by Crippen LogP contribution is 2.31. The Morgan fingerprint density at radius 1 is 1.14 bits per heavy atom. The van der Waals surface area contributed by atoms with E-state index in [9.17, 15) is 14.4 Å². The first-order valence-corrected chi connectivity index (χ1v) is 11.5. The number of ether oxygens (including phenoxy) is 1. The third-order valence-corrected chi connectivity index (χ3v) is 5.95. The normalized spacial score (nSPS) is 14.2. The number of anilines is 1. The summed E-state index contributed by atoms with van der Waals surface area (Å²) in [6.45, 7) is -0.343. The predicted molar refractivity (Wildman–Crippen MR) is 129 cm³/mol. The Bertz CT molecular complexity index is 1140. The van der Waals surface area contributed by atoms with Crippen molar-refractivity contribution < 1.29 is 23.5 Å². The van der Waals surface area contributed by atoms with Crippen LogP contribution in [0.2, 0.25) is 0 Å². The van der Waals surface area contributed by atoms with Crippen molar-refractivity contribution in [2.45, 2.75) is 37.8 Å². The average molecular weight is 477 g/mol. The molecule has 9 nitrogen and oxygen atoms in total. The molecule has 0 bridgehead atoms. The second-order valence-electron chi connectivity index (χ2n) is 8.30. The number of hydrogen-bond donors (Lipinski definition) is 2. The molecule has 3 aromatic rings. The summed E-state index contributed by atoms with van der Waals surface area (Å²) < 4.78 is 10.5. The van der Waals surface area contributed by atoms with Gasteiger partial charge >= 0.3 is 0 Å². The van der Waals surface area contributed by atoms with Gasteiger partial charge in [-0.25, -0.2) is 0 Å². The van der Waals surface area contributed by atoms with Crippen molar-refractivity contribution in [3.8, 4) is 5.75 Å². The third-order valence-electron chi connectivity index (χ3n) is 5.95. The number of rotatable bonds is 9. The van der Waals surface area contributed by atoms with Gasteiger partial charge in [-0.05, 0) is 43.2 Å². The zero-order chi connectivity index (χ0) is 24.6. The van der Waals surface area contributed by atoms with Crippen LogP contribution >= 0.6 is 0 Å². The van der Waals surface area contributed by atoms with Crippen LogP contribution in [0.3, 0.4) is 0 Å². The number of carbonyl (C=O) groups is 3. The molecule has 35 heavy (non-hydrogen) atoms. The van der Waals surface area contributed by atoms with Crippen LogP contribution in [-0.2, 0) is 9.59 Å². The summed E-state index contributed by atoms with van der Waals surface area (Å²) in [6.07, 6.45) is 8.47. The van der Waals surface area contributed by atoms with Crippen molar-refractivity contribution in [1.29, 1.82) is 0 Å². The Kier molecular flexibility index (Phi) is 7.77. The minimum atomic E-state index is -0.996. The molecule has 0 aliphatic heterocycles. The van der Waals surface area contributed by atoms with E-state index in [-0.39, 0.29) is 24.3 Å². The van der Waals surface area contributed by atoms with Crippen LogP contribution < -0.4 is 20.3 Å². The maximum atomic E-state index is 13.6. The number of carbonyl (C=O) groups excluding carboxylic acids is 3. The van der Waals surface area contributed by atoms with Gasteiger partial charge in [0, 0.05) is 35.8 Å². The molecule has 1 aromatic carbocycles. The van der Waals surface area contributed by atoms with Crippen molar-refractivity contribution in [3.63, 3.8) is 0 Å². The van der Waals surface area contributed by atoms with E-state index in [1.807, 2.05) is 0 Å². The zero-order valence-corrected chi connectivity index (χ0v) is 19.5. The second-order valence-corrected chi connectivity index (χ2v) is 8.30. The van der Waals surface area contributed by atoms with Crippen molar-refractivity contribution in [3.05, 3.63) is 78.5 Å². The van der Waals surface area contributed by atoms with Gasteiger partial charge in [0.25, 0.3) is 5.91 Å². The number of nitrogens with zero attached hydrogens (tertiary/aromatic N) is 2. The summed E-state index contributed by atoms with van der Waals surface area (Å²) in [4.78, 5) is 45.2. The summed E-state index contributed by atoms with van der Waals surface area (Å²) in [6, 6.07) is 12.5. The summed E-state index contributed by atoms with van der Waals surface area (Å²) in [5.74, 6) is -0.691. The Balaban J connectivity index is 1.68. The van der Waals surface area contributed by atoms with Crippen LogP contribution in [0, 0.1) is 0 Å². The molecule has 1 fully saturated rings. The highest BCUT2D eigenvalue weighted by atomic mass is 16.5. The topological polar surface area (TPSA) is 114 Å². The molecule has 3 amide bonds. The van der Waals surface area contributed by atoms with Crippen LogP contribution in [-0.4, -0.2) is 42.4 Å². The molecule has 2 N–H and O–H groups in total. The number of methoxy groups -OCH3 is 1. The Morgan fingerprint density at radius 3 is 2.66 bits per heavy atom. The highest BCUT2D eigenvalue weighted by molar-refractivity contribution is 6.04. The average Bonchev–Trinajstić information content (AvgIpc) is 3.61. The van der Waals surface area contributed by atoms with Crippen LogP contribution in [0.1, 0.15) is 47.8 Å². The van der Waals surface area contributed by atoms with Crippen molar-refractivity contribution in [2.24, 2.45) is 0 Å². The molecule has 1 saturated carbocycles. The van der Waals surface area contributed by atoms with Gasteiger partial charge in [0.15, 0.2) is 5.76 Å². The fourth-order valence-corrected chi connectivity index (χ4v) is 4.24. The summed E-state index contributed by atoms with van der Waals surface area (Å²) in [5, 5.41) is 5.68. The van der Waals surface area contributed by atoms with Gasteiger partial charge < -0.3 is 19.8 Å². The van der Waals surface area contributed by atoms with Crippen molar-refractivity contribution in [1.82, 2.24) is 15.6 Å². The van der Waals surface area contributed by atoms with E-state index in [1.165, 1.54) is 24.3 Å². The van der Waals surface area contributed by atoms with Gasteiger partial charge in [0.1, 0.15) is 11.8 Å². The Morgan fingerprint density at radius 2 is 1.97 bits per heavy atom. The predicted octanol–water partition coefficient (Wildman–Crippen LogP) is 3.25. The number of furan rings is 1. The third kappa shape index (κ3) is 5.87. The van der Waals surface area contributed by atoms with Gasteiger partial charge in [0.2, 0.25) is 11.8 Å². The fraction of sp³-hybridized carbons (Fsp3) is 0.308. The number of benzene rings is 1. The number of nitrogens with one attached hydrogen (secondary N) is 2. The minimum absolute atomic E-state index is 0.0580. The molecule has 4 rings (SSSR count). The molecule has 1 atom stereocenters. The summed E-state index contributed by atoms with van der Waals surface area (Å²) >= 11 is 0. The number of pyridine rings is 1. The molecular weight excluding hydrogens is 448 g/mol. The first-order chi connectivity index (χ1) is 17.1. The standard InChI is InChI=1S/C26H28N4O5/c1-34-21-11-4-10-20(15-21)30(23(31)17-28-25(32)22-12-6-14-35-22)24(18-7-5-13-27-16-18)26(33)29-19-8-2-3-9-19/h4-7,10-16,19,24H,2-3,8-9,17H2,1H3,(H,28,32)(H,29,33)/t24-/m1/s1. The first-order valence-electron chi connectivity index (χ1n) is 11.5. The van der Waals surface area contributed by atoms with Crippen LogP contribution in [0.15, 0.2) is 71.6 Å². The molecule has 0 radical (unpaired) electrons. The van der Waals surface area contributed by atoms with E-state index < -0.39 is 17.9 Å². The van der Waals surface area contributed by atoms with Gasteiger partial charge in [-0.3, -0.25) is 24.3 Å². The second kappa shape index (κ2) is 11.3. The smallest absolute Gasteiger partial charge is 0.287 e. The van der Waals surface area contributed by atoms with Crippen LogP contribution in [0.25, 0.3) is 0 Å². The molecule has 0 saturated heterocycles. The molecular formula is C26H28N4O5. The van der Waals surface area contributed by atoms with E-state index in [2.05, 4.69) is 15.6 Å². The van der Waals surface area contributed by atoms with Crippen molar-refractivity contribution in [2.75, 3.05) is 18.6 Å².